The van der Waals surface area contributed by atoms with Gasteiger partial charge in [0.15, 0.2) is 6.10 Å². The minimum atomic E-state index is -0.850. The number of carbonyl (C=O) groups excluding carboxylic acids is 1. The van der Waals surface area contributed by atoms with E-state index in [4.69, 9.17) is 9.47 Å². The van der Waals surface area contributed by atoms with Crippen molar-refractivity contribution in [2.24, 2.45) is 0 Å². The highest BCUT2D eigenvalue weighted by molar-refractivity contribution is 5.91. The van der Waals surface area contributed by atoms with E-state index in [-0.39, 0.29) is 18.3 Å². The third kappa shape index (κ3) is 2.72. The van der Waals surface area contributed by atoms with E-state index in [1.165, 1.54) is 0 Å². The summed E-state index contributed by atoms with van der Waals surface area (Å²) in [5, 5.41) is 21.4. The largest absolute Gasteiger partial charge is 0.454 e. The smallest absolute Gasteiger partial charge is 0.339 e. The maximum Gasteiger partial charge on any atom is 0.339 e. The number of ether oxygens (including phenoxy) is 2. The fourth-order valence-electron chi connectivity index (χ4n) is 1.63. The van der Waals surface area contributed by atoms with Crippen molar-refractivity contribution in [3.8, 4) is 0 Å². The maximum absolute atomic E-state index is 11.8. The molecule has 0 radical (unpaired) electrons. The van der Waals surface area contributed by atoms with Crippen LogP contribution in [-0.4, -0.2) is 34.6 Å². The standard InChI is InChI=1S/C11H10N2O7/c1-6-10(5-19-6)20-11(14)7-2-8(12(15)16)4-9(3-7)13(17)18/h2-4,6,10H,5H2,1H3/t6-,10-/m0/s1. The number of esters is 1. The molecule has 2 atom stereocenters. The Balaban J connectivity index is 2.27. The van der Waals surface area contributed by atoms with E-state index < -0.39 is 33.3 Å². The Kier molecular flexibility index (Phi) is 3.61. The molecule has 0 saturated carbocycles. The first-order valence-corrected chi connectivity index (χ1v) is 5.65. The molecule has 20 heavy (non-hydrogen) atoms. The van der Waals surface area contributed by atoms with E-state index in [2.05, 4.69) is 0 Å². The lowest BCUT2D eigenvalue weighted by Gasteiger charge is -2.33. The minimum Gasteiger partial charge on any atom is -0.454 e. The van der Waals surface area contributed by atoms with Gasteiger partial charge in [0.25, 0.3) is 11.4 Å². The average molecular weight is 282 g/mol. The highest BCUT2D eigenvalue weighted by Gasteiger charge is 2.32. The molecule has 1 saturated heterocycles. The van der Waals surface area contributed by atoms with Gasteiger partial charge in [-0.25, -0.2) is 4.79 Å². The zero-order chi connectivity index (χ0) is 14.9. The summed E-state index contributed by atoms with van der Waals surface area (Å²) in [6.45, 7) is 1.95. The average Bonchev–Trinajstić information content (AvgIpc) is 2.42. The van der Waals surface area contributed by atoms with Crippen LogP contribution in [-0.2, 0) is 9.47 Å². The van der Waals surface area contributed by atoms with E-state index in [1.807, 2.05) is 0 Å². The molecule has 1 fully saturated rings. The Hall–Kier alpha value is -2.55. The van der Waals surface area contributed by atoms with E-state index in [0.29, 0.717) is 0 Å². The van der Waals surface area contributed by atoms with Crippen LogP contribution in [0.4, 0.5) is 11.4 Å². The van der Waals surface area contributed by atoms with E-state index in [9.17, 15) is 25.0 Å². The first kappa shape index (κ1) is 13.9. The number of hydrogen-bond acceptors (Lipinski definition) is 7. The van der Waals surface area contributed by atoms with Crippen molar-refractivity contribution in [1.29, 1.82) is 0 Å². The van der Waals surface area contributed by atoms with Crippen LogP contribution in [0.2, 0.25) is 0 Å². The number of non-ortho nitro benzene ring substituents is 2. The highest BCUT2D eigenvalue weighted by Crippen LogP contribution is 2.24. The van der Waals surface area contributed by atoms with Crippen LogP contribution in [0.5, 0.6) is 0 Å². The van der Waals surface area contributed by atoms with Crippen molar-refractivity contribution >= 4 is 17.3 Å². The molecule has 1 aromatic carbocycles. The van der Waals surface area contributed by atoms with Crippen molar-refractivity contribution in [3.63, 3.8) is 0 Å². The van der Waals surface area contributed by atoms with Gasteiger partial charge in [0.1, 0.15) is 0 Å². The molecule has 0 unspecified atom stereocenters. The number of carbonyl (C=O) groups is 1. The molecule has 9 heteroatoms. The zero-order valence-corrected chi connectivity index (χ0v) is 10.3. The Labute approximate surface area is 112 Å². The van der Waals surface area contributed by atoms with Gasteiger partial charge in [-0.3, -0.25) is 20.2 Å². The molecule has 0 aromatic heterocycles. The van der Waals surface area contributed by atoms with Gasteiger partial charge in [0.05, 0.1) is 34.2 Å². The summed E-state index contributed by atoms with van der Waals surface area (Å²) < 4.78 is 10.1. The highest BCUT2D eigenvalue weighted by atomic mass is 16.6. The molecule has 2 rings (SSSR count). The van der Waals surface area contributed by atoms with Gasteiger partial charge in [0.2, 0.25) is 0 Å². The van der Waals surface area contributed by atoms with Crippen LogP contribution in [0, 0.1) is 20.2 Å². The molecule has 106 valence electrons. The predicted molar refractivity (Wildman–Crippen MR) is 64.4 cm³/mol. The lowest BCUT2D eigenvalue weighted by Crippen LogP contribution is -2.45. The Morgan fingerprint density at radius 2 is 1.80 bits per heavy atom. The summed E-state index contributed by atoms with van der Waals surface area (Å²) in [7, 11) is 0. The molecular formula is C11H10N2O7. The fourth-order valence-corrected chi connectivity index (χ4v) is 1.63. The van der Waals surface area contributed by atoms with Gasteiger partial charge in [-0.2, -0.15) is 0 Å². The first-order chi connectivity index (χ1) is 9.38. The predicted octanol–water partition coefficient (Wildman–Crippen LogP) is 1.45. The van der Waals surface area contributed by atoms with Crippen molar-refractivity contribution in [2.75, 3.05) is 6.61 Å². The van der Waals surface area contributed by atoms with Crippen LogP contribution in [0.15, 0.2) is 18.2 Å². The van der Waals surface area contributed by atoms with E-state index in [0.717, 1.165) is 18.2 Å². The Bertz CT molecular complexity index is 554. The third-order valence-corrected chi connectivity index (χ3v) is 2.87. The summed E-state index contributed by atoms with van der Waals surface area (Å²) in [5.41, 5.74) is -1.31. The van der Waals surface area contributed by atoms with Crippen LogP contribution < -0.4 is 0 Å². The lowest BCUT2D eigenvalue weighted by molar-refractivity contribution is -0.394. The Morgan fingerprint density at radius 1 is 1.25 bits per heavy atom. The topological polar surface area (TPSA) is 122 Å². The van der Waals surface area contributed by atoms with Gasteiger partial charge in [-0.1, -0.05) is 0 Å². The second-order valence-corrected chi connectivity index (χ2v) is 4.23. The maximum atomic E-state index is 11.8. The van der Waals surface area contributed by atoms with Crippen molar-refractivity contribution in [1.82, 2.24) is 0 Å². The van der Waals surface area contributed by atoms with Crippen molar-refractivity contribution < 1.29 is 24.1 Å². The third-order valence-electron chi connectivity index (χ3n) is 2.87. The first-order valence-electron chi connectivity index (χ1n) is 5.65. The molecule has 0 N–H and O–H groups in total. The minimum absolute atomic E-state index is 0.231. The zero-order valence-electron chi connectivity index (χ0n) is 10.3. The molecule has 0 bridgehead atoms. The number of nitro groups is 2. The number of benzene rings is 1. The second kappa shape index (κ2) is 5.21. The van der Waals surface area contributed by atoms with Crippen molar-refractivity contribution in [2.45, 2.75) is 19.1 Å². The van der Waals surface area contributed by atoms with Crippen LogP contribution in [0.25, 0.3) is 0 Å². The SMILES string of the molecule is C[C@@H]1OC[C@@H]1OC(=O)c1cc([N+](=O)[O-])cc([N+](=O)[O-])c1. The molecular weight excluding hydrogens is 272 g/mol. The molecule has 0 amide bonds. The molecule has 0 aliphatic carbocycles. The van der Waals surface area contributed by atoms with Gasteiger partial charge in [-0.15, -0.1) is 0 Å². The monoisotopic (exact) mass is 282 g/mol. The van der Waals surface area contributed by atoms with Gasteiger partial charge in [-0.05, 0) is 6.92 Å². The molecule has 1 aliphatic heterocycles. The number of rotatable bonds is 4. The Morgan fingerprint density at radius 3 is 2.15 bits per heavy atom. The summed E-state index contributed by atoms with van der Waals surface area (Å²) in [4.78, 5) is 31.6. The summed E-state index contributed by atoms with van der Waals surface area (Å²) >= 11 is 0. The van der Waals surface area contributed by atoms with Crippen molar-refractivity contribution in [3.05, 3.63) is 44.0 Å². The summed E-state index contributed by atoms with van der Waals surface area (Å²) in [5.74, 6) is -0.850. The normalized spacial score (nSPS) is 20.9. The van der Waals surface area contributed by atoms with Gasteiger partial charge < -0.3 is 9.47 Å². The number of nitro benzene ring substituents is 2. The molecule has 9 nitrogen and oxygen atoms in total. The summed E-state index contributed by atoms with van der Waals surface area (Å²) in [6, 6.07) is 2.67. The molecule has 1 heterocycles. The quantitative estimate of drug-likeness (QED) is 0.465. The molecule has 1 aliphatic rings. The number of nitrogens with zero attached hydrogens (tertiary/aromatic N) is 2. The van der Waals surface area contributed by atoms with Crippen LogP contribution >= 0.6 is 0 Å². The van der Waals surface area contributed by atoms with Gasteiger partial charge >= 0.3 is 5.97 Å². The van der Waals surface area contributed by atoms with E-state index >= 15 is 0 Å². The van der Waals surface area contributed by atoms with Crippen LogP contribution in [0.1, 0.15) is 17.3 Å². The number of hydrogen-bond donors (Lipinski definition) is 0. The summed E-state index contributed by atoms with van der Waals surface area (Å²) in [6.07, 6.45) is -0.701. The second-order valence-electron chi connectivity index (χ2n) is 4.23. The molecule has 1 aromatic rings. The van der Waals surface area contributed by atoms with Crippen LogP contribution in [0.3, 0.4) is 0 Å². The van der Waals surface area contributed by atoms with E-state index in [1.54, 1.807) is 6.92 Å². The van der Waals surface area contributed by atoms with Gasteiger partial charge in [0, 0.05) is 12.1 Å². The fraction of sp³-hybridized carbons (Fsp3) is 0.364. The molecule has 0 spiro atoms. The lowest BCUT2D eigenvalue weighted by atomic mass is 10.1.